The van der Waals surface area contributed by atoms with Crippen LogP contribution in [0.1, 0.15) is 6.92 Å². The predicted octanol–water partition coefficient (Wildman–Crippen LogP) is 4.91. The summed E-state index contributed by atoms with van der Waals surface area (Å²) in [6, 6.07) is 3.90. The van der Waals surface area contributed by atoms with Crippen LogP contribution in [0.25, 0.3) is 22.5 Å². The van der Waals surface area contributed by atoms with E-state index in [1.807, 2.05) is 6.92 Å². The van der Waals surface area contributed by atoms with Crippen LogP contribution in [-0.2, 0) is 0 Å². The summed E-state index contributed by atoms with van der Waals surface area (Å²) in [5.41, 5.74) is -4.63. The molecule has 150 valence electrons. The zero-order valence-corrected chi connectivity index (χ0v) is 17.9. The first kappa shape index (κ1) is 20.2. The van der Waals surface area contributed by atoms with E-state index in [0.29, 0.717) is 22.1 Å². The number of thioether (sulfide) groups is 2. The molecule has 0 atom stereocenters. The van der Waals surface area contributed by atoms with E-state index in [1.54, 1.807) is 16.8 Å². The van der Waals surface area contributed by atoms with Crippen molar-refractivity contribution in [2.45, 2.75) is 22.4 Å². The SMILES string of the molecule is CCSc1c(-n2cnc3ccc(SC(F)(F)F)cc3c2=O)nc2ncc(Br)cn12. The van der Waals surface area contributed by atoms with E-state index in [0.717, 1.165) is 10.2 Å². The molecule has 0 aliphatic carbocycles. The molecule has 3 aromatic heterocycles. The van der Waals surface area contributed by atoms with Crippen LogP contribution < -0.4 is 5.56 Å². The molecule has 4 aromatic rings. The van der Waals surface area contributed by atoms with Gasteiger partial charge in [-0.3, -0.25) is 9.20 Å². The molecule has 1 aromatic carbocycles. The molecule has 0 unspecified atom stereocenters. The molecule has 29 heavy (non-hydrogen) atoms. The fraction of sp³-hybridized carbons (Fsp3) is 0.176. The van der Waals surface area contributed by atoms with Crippen molar-refractivity contribution in [1.82, 2.24) is 23.9 Å². The van der Waals surface area contributed by atoms with E-state index < -0.39 is 11.1 Å². The Morgan fingerprint density at radius 2 is 2.03 bits per heavy atom. The fourth-order valence-electron chi connectivity index (χ4n) is 2.76. The van der Waals surface area contributed by atoms with Gasteiger partial charge in [0.1, 0.15) is 11.4 Å². The van der Waals surface area contributed by atoms with Crippen LogP contribution >= 0.6 is 39.5 Å². The normalized spacial score (nSPS) is 12.2. The zero-order chi connectivity index (χ0) is 20.8. The highest BCUT2D eigenvalue weighted by molar-refractivity contribution is 9.10. The summed E-state index contributed by atoms with van der Waals surface area (Å²) >= 11 is 4.56. The van der Waals surface area contributed by atoms with Crippen molar-refractivity contribution in [3.05, 3.63) is 51.7 Å². The molecule has 0 amide bonds. The summed E-state index contributed by atoms with van der Waals surface area (Å²) in [5, 5.41) is 0.765. The molecule has 0 radical (unpaired) electrons. The van der Waals surface area contributed by atoms with Crippen LogP contribution in [0.15, 0.2) is 56.1 Å². The van der Waals surface area contributed by atoms with E-state index in [1.165, 1.54) is 40.9 Å². The molecule has 0 N–H and O–H groups in total. The Bertz CT molecular complexity index is 1290. The highest BCUT2D eigenvalue weighted by Gasteiger charge is 2.29. The van der Waals surface area contributed by atoms with Crippen LogP contribution in [0.4, 0.5) is 13.2 Å². The van der Waals surface area contributed by atoms with Crippen LogP contribution in [0.3, 0.4) is 0 Å². The Labute approximate surface area is 178 Å². The number of aromatic nitrogens is 5. The molecule has 6 nitrogen and oxygen atoms in total. The van der Waals surface area contributed by atoms with Crippen LogP contribution in [-0.4, -0.2) is 35.2 Å². The minimum atomic E-state index is -4.44. The molecule has 0 aliphatic rings. The maximum Gasteiger partial charge on any atom is 0.446 e. The van der Waals surface area contributed by atoms with Gasteiger partial charge in [0, 0.05) is 17.3 Å². The second-order valence-corrected chi connectivity index (χ2v) is 9.07. The molecule has 0 saturated carbocycles. The smallest absolute Gasteiger partial charge is 0.275 e. The minimum Gasteiger partial charge on any atom is -0.275 e. The molecule has 0 aliphatic heterocycles. The number of hydrogen-bond donors (Lipinski definition) is 0. The lowest BCUT2D eigenvalue weighted by atomic mass is 10.2. The van der Waals surface area contributed by atoms with Gasteiger partial charge in [0.2, 0.25) is 5.78 Å². The average Bonchev–Trinajstić information content (AvgIpc) is 2.99. The largest absolute Gasteiger partial charge is 0.446 e. The molecular formula is C17H11BrF3N5OS2. The van der Waals surface area contributed by atoms with Gasteiger partial charge >= 0.3 is 5.51 Å². The zero-order valence-electron chi connectivity index (χ0n) is 14.6. The molecule has 12 heteroatoms. The first-order valence-corrected chi connectivity index (χ1v) is 10.8. The van der Waals surface area contributed by atoms with Gasteiger partial charge in [-0.1, -0.05) is 6.92 Å². The number of nitrogens with zero attached hydrogens (tertiary/aromatic N) is 5. The van der Waals surface area contributed by atoms with E-state index in [4.69, 9.17) is 0 Å². The van der Waals surface area contributed by atoms with Gasteiger partial charge in [0.05, 0.1) is 15.4 Å². The Kier molecular flexibility index (Phi) is 5.34. The second-order valence-electron chi connectivity index (χ2n) is 5.76. The maximum absolute atomic E-state index is 13.1. The predicted molar refractivity (Wildman–Crippen MR) is 110 cm³/mol. The molecule has 0 spiro atoms. The lowest BCUT2D eigenvalue weighted by molar-refractivity contribution is -0.0328. The van der Waals surface area contributed by atoms with Crippen molar-refractivity contribution in [2.75, 3.05) is 5.75 Å². The maximum atomic E-state index is 13.1. The van der Waals surface area contributed by atoms with Crippen molar-refractivity contribution < 1.29 is 13.2 Å². The highest BCUT2D eigenvalue weighted by Crippen LogP contribution is 2.37. The monoisotopic (exact) mass is 501 g/mol. The lowest BCUT2D eigenvalue weighted by Gasteiger charge is -2.08. The van der Waals surface area contributed by atoms with E-state index >= 15 is 0 Å². The highest BCUT2D eigenvalue weighted by atomic mass is 79.9. The third-order valence-corrected chi connectivity index (χ3v) is 5.93. The number of fused-ring (bicyclic) bond motifs is 2. The van der Waals surface area contributed by atoms with Gasteiger partial charge in [-0.25, -0.2) is 14.5 Å². The molecule has 3 heterocycles. The van der Waals surface area contributed by atoms with Crippen molar-refractivity contribution in [2.24, 2.45) is 0 Å². The molecule has 0 bridgehead atoms. The lowest BCUT2D eigenvalue weighted by Crippen LogP contribution is -2.20. The van der Waals surface area contributed by atoms with E-state index in [-0.39, 0.29) is 22.0 Å². The Hall–Kier alpha value is -2.05. The quantitative estimate of drug-likeness (QED) is 0.370. The summed E-state index contributed by atoms with van der Waals surface area (Å²) in [4.78, 5) is 25.9. The van der Waals surface area contributed by atoms with Crippen LogP contribution in [0.5, 0.6) is 0 Å². The van der Waals surface area contributed by atoms with Crippen molar-refractivity contribution in [3.8, 4) is 5.82 Å². The summed E-state index contributed by atoms with van der Waals surface area (Å²) < 4.78 is 41.9. The van der Waals surface area contributed by atoms with Gasteiger partial charge in [0.15, 0.2) is 5.82 Å². The van der Waals surface area contributed by atoms with Crippen molar-refractivity contribution >= 4 is 56.1 Å². The molecule has 0 fully saturated rings. The molecular weight excluding hydrogens is 491 g/mol. The van der Waals surface area contributed by atoms with Crippen molar-refractivity contribution in [1.29, 1.82) is 0 Å². The summed E-state index contributed by atoms with van der Waals surface area (Å²) in [6.07, 6.45) is 4.71. The number of benzene rings is 1. The third kappa shape index (κ3) is 4.01. The number of alkyl halides is 3. The number of rotatable bonds is 4. The second kappa shape index (κ2) is 7.65. The van der Waals surface area contributed by atoms with E-state index in [9.17, 15) is 18.0 Å². The number of imidazole rings is 1. The third-order valence-electron chi connectivity index (χ3n) is 3.86. The Morgan fingerprint density at radius 1 is 1.24 bits per heavy atom. The van der Waals surface area contributed by atoms with Crippen molar-refractivity contribution in [3.63, 3.8) is 0 Å². The number of halogens is 4. The minimum absolute atomic E-state index is 0.0783. The topological polar surface area (TPSA) is 65.1 Å². The van der Waals surface area contributed by atoms with Gasteiger partial charge in [-0.2, -0.15) is 18.2 Å². The Morgan fingerprint density at radius 3 is 2.76 bits per heavy atom. The summed E-state index contributed by atoms with van der Waals surface area (Å²) in [6.45, 7) is 1.96. The van der Waals surface area contributed by atoms with Gasteiger partial charge in [-0.05, 0) is 51.6 Å². The average molecular weight is 502 g/mol. The molecule has 4 rings (SSSR count). The number of hydrogen-bond acceptors (Lipinski definition) is 6. The Balaban J connectivity index is 1.93. The standard InChI is InChI=1S/C17H11BrF3N5OS2/c1-2-28-15-13(24-16-22-6-9(18)7-25(15)16)26-8-23-12-4-3-10(29-17(19,20)21)5-11(12)14(26)27/h3-8H,2H2,1H3. The van der Waals surface area contributed by atoms with Gasteiger partial charge in [0.25, 0.3) is 5.56 Å². The first-order chi connectivity index (χ1) is 13.8. The first-order valence-electron chi connectivity index (χ1n) is 8.21. The fourth-order valence-corrected chi connectivity index (χ4v) is 4.46. The van der Waals surface area contributed by atoms with Crippen LogP contribution in [0.2, 0.25) is 0 Å². The van der Waals surface area contributed by atoms with Crippen LogP contribution in [0, 0.1) is 0 Å². The van der Waals surface area contributed by atoms with E-state index in [2.05, 4.69) is 30.9 Å². The van der Waals surface area contributed by atoms with Gasteiger partial charge < -0.3 is 0 Å². The molecule has 0 saturated heterocycles. The van der Waals surface area contributed by atoms with Gasteiger partial charge in [-0.15, -0.1) is 11.8 Å². The summed E-state index contributed by atoms with van der Waals surface area (Å²) in [5.74, 6) is 1.44. The summed E-state index contributed by atoms with van der Waals surface area (Å²) in [7, 11) is 0.